The molecule has 0 saturated heterocycles. The zero-order valence-electron chi connectivity index (χ0n) is 13.4. The molecule has 1 amide bonds. The first-order valence-corrected chi connectivity index (χ1v) is 8.28. The van der Waals surface area contributed by atoms with Gasteiger partial charge in [0, 0.05) is 22.5 Å². The number of benzene rings is 1. The predicted octanol–water partition coefficient (Wildman–Crippen LogP) is 3.41. The fraction of sp³-hybridized carbons (Fsp3) is 0.444. The highest BCUT2D eigenvalue weighted by Gasteiger charge is 2.17. The standard InChI is InChI=1S/C18H22N2O3/c1-2-23-18(22)16-11-13-10-12(8-9-15(13)20-16)17(21)19-14-6-4-3-5-7-14/h8-11,14,20H,2-7H2,1H3,(H,19,21). The first-order valence-electron chi connectivity index (χ1n) is 8.28. The molecule has 0 spiro atoms. The Bertz CT molecular complexity index is 714. The predicted molar refractivity (Wildman–Crippen MR) is 88.6 cm³/mol. The normalized spacial score (nSPS) is 15.5. The summed E-state index contributed by atoms with van der Waals surface area (Å²) in [5.74, 6) is -0.422. The van der Waals surface area contributed by atoms with Gasteiger partial charge < -0.3 is 15.0 Å². The molecular formula is C18H22N2O3. The lowest BCUT2D eigenvalue weighted by atomic mass is 9.95. The molecule has 1 heterocycles. The number of hydrogen-bond acceptors (Lipinski definition) is 3. The number of aromatic amines is 1. The van der Waals surface area contributed by atoms with E-state index in [0.717, 1.165) is 23.7 Å². The van der Waals surface area contributed by atoms with E-state index in [1.807, 2.05) is 12.1 Å². The third-order valence-electron chi connectivity index (χ3n) is 4.32. The van der Waals surface area contributed by atoms with Crippen LogP contribution in [-0.2, 0) is 4.74 Å². The summed E-state index contributed by atoms with van der Waals surface area (Å²) in [7, 11) is 0. The van der Waals surface area contributed by atoms with Crippen LogP contribution in [0.3, 0.4) is 0 Å². The average Bonchev–Trinajstić information content (AvgIpc) is 2.99. The van der Waals surface area contributed by atoms with E-state index in [1.165, 1.54) is 19.3 Å². The van der Waals surface area contributed by atoms with E-state index in [-0.39, 0.29) is 17.9 Å². The van der Waals surface area contributed by atoms with Crippen LogP contribution in [-0.4, -0.2) is 29.5 Å². The van der Waals surface area contributed by atoms with E-state index in [1.54, 1.807) is 19.1 Å². The van der Waals surface area contributed by atoms with Gasteiger partial charge in [-0.1, -0.05) is 19.3 Å². The average molecular weight is 314 g/mol. The Hall–Kier alpha value is -2.30. The number of rotatable bonds is 4. The number of carbonyl (C=O) groups is 2. The Morgan fingerprint density at radius 2 is 2.00 bits per heavy atom. The number of carbonyl (C=O) groups excluding carboxylic acids is 2. The summed E-state index contributed by atoms with van der Waals surface area (Å²) < 4.78 is 4.99. The Labute approximate surface area is 135 Å². The molecule has 1 aliphatic rings. The highest BCUT2D eigenvalue weighted by Crippen LogP contribution is 2.20. The van der Waals surface area contributed by atoms with E-state index in [9.17, 15) is 9.59 Å². The molecule has 5 nitrogen and oxygen atoms in total. The van der Waals surface area contributed by atoms with Crippen molar-refractivity contribution in [3.05, 3.63) is 35.5 Å². The molecule has 23 heavy (non-hydrogen) atoms. The lowest BCUT2D eigenvalue weighted by Crippen LogP contribution is -2.36. The Balaban J connectivity index is 1.76. The Kier molecular flexibility index (Phi) is 4.65. The number of fused-ring (bicyclic) bond motifs is 1. The molecule has 0 bridgehead atoms. The van der Waals surface area contributed by atoms with Crippen molar-refractivity contribution < 1.29 is 14.3 Å². The molecule has 5 heteroatoms. The SMILES string of the molecule is CCOC(=O)c1cc2cc(C(=O)NC3CCCCC3)ccc2[nH]1. The molecule has 3 rings (SSSR count). The first-order chi connectivity index (χ1) is 11.2. The van der Waals surface area contributed by atoms with Crippen molar-refractivity contribution in [2.45, 2.75) is 45.1 Å². The van der Waals surface area contributed by atoms with Gasteiger partial charge in [-0.05, 0) is 44.0 Å². The smallest absolute Gasteiger partial charge is 0.354 e. The number of ether oxygens (including phenoxy) is 1. The van der Waals surface area contributed by atoms with Gasteiger partial charge in [0.1, 0.15) is 5.69 Å². The van der Waals surface area contributed by atoms with Gasteiger partial charge in [0.15, 0.2) is 0 Å². The summed E-state index contributed by atoms with van der Waals surface area (Å²) >= 11 is 0. The third kappa shape index (κ3) is 3.55. The maximum absolute atomic E-state index is 12.4. The number of esters is 1. The summed E-state index contributed by atoms with van der Waals surface area (Å²) in [6, 6.07) is 7.44. The zero-order valence-corrected chi connectivity index (χ0v) is 13.4. The van der Waals surface area contributed by atoms with Crippen molar-refractivity contribution in [2.24, 2.45) is 0 Å². The van der Waals surface area contributed by atoms with Crippen LogP contribution in [0, 0.1) is 0 Å². The largest absolute Gasteiger partial charge is 0.461 e. The van der Waals surface area contributed by atoms with Crippen LogP contribution >= 0.6 is 0 Å². The van der Waals surface area contributed by atoms with Crippen molar-refractivity contribution in [3.63, 3.8) is 0 Å². The molecule has 1 aliphatic carbocycles. The fourth-order valence-corrected chi connectivity index (χ4v) is 3.11. The molecule has 1 aromatic heterocycles. The topological polar surface area (TPSA) is 71.2 Å². The summed E-state index contributed by atoms with van der Waals surface area (Å²) in [6.45, 7) is 2.11. The van der Waals surface area contributed by atoms with Crippen LogP contribution in [0.5, 0.6) is 0 Å². The second kappa shape index (κ2) is 6.86. The lowest BCUT2D eigenvalue weighted by molar-refractivity contribution is 0.0520. The van der Waals surface area contributed by atoms with Crippen molar-refractivity contribution in [1.82, 2.24) is 10.3 Å². The van der Waals surface area contributed by atoms with Crippen molar-refractivity contribution in [3.8, 4) is 0 Å². The number of hydrogen-bond donors (Lipinski definition) is 2. The molecule has 122 valence electrons. The van der Waals surface area contributed by atoms with Crippen LogP contribution < -0.4 is 5.32 Å². The molecule has 0 atom stereocenters. The monoisotopic (exact) mass is 314 g/mol. The number of amides is 1. The van der Waals surface area contributed by atoms with Crippen LogP contribution in [0.1, 0.15) is 59.9 Å². The molecule has 1 fully saturated rings. The van der Waals surface area contributed by atoms with Crippen LogP contribution in [0.4, 0.5) is 0 Å². The van der Waals surface area contributed by atoms with Gasteiger partial charge in [-0.15, -0.1) is 0 Å². The maximum atomic E-state index is 12.4. The van der Waals surface area contributed by atoms with Crippen molar-refractivity contribution in [2.75, 3.05) is 6.61 Å². The molecule has 2 aromatic rings. The quantitative estimate of drug-likeness (QED) is 0.850. The van der Waals surface area contributed by atoms with Gasteiger partial charge in [0.25, 0.3) is 5.91 Å². The maximum Gasteiger partial charge on any atom is 0.354 e. The van der Waals surface area contributed by atoms with Gasteiger partial charge in [0.05, 0.1) is 6.61 Å². The minimum Gasteiger partial charge on any atom is -0.461 e. The molecule has 0 aliphatic heterocycles. The second-order valence-corrected chi connectivity index (χ2v) is 6.01. The third-order valence-corrected chi connectivity index (χ3v) is 4.32. The van der Waals surface area contributed by atoms with Gasteiger partial charge in [-0.2, -0.15) is 0 Å². The Morgan fingerprint density at radius 1 is 1.22 bits per heavy atom. The summed E-state index contributed by atoms with van der Waals surface area (Å²) in [6.07, 6.45) is 5.75. The van der Waals surface area contributed by atoms with E-state index in [0.29, 0.717) is 17.9 Å². The molecule has 1 saturated carbocycles. The highest BCUT2D eigenvalue weighted by atomic mass is 16.5. The second-order valence-electron chi connectivity index (χ2n) is 6.01. The van der Waals surface area contributed by atoms with E-state index < -0.39 is 0 Å². The summed E-state index contributed by atoms with van der Waals surface area (Å²) in [4.78, 5) is 27.2. The molecule has 0 radical (unpaired) electrons. The van der Waals surface area contributed by atoms with Gasteiger partial charge in [0.2, 0.25) is 0 Å². The fourth-order valence-electron chi connectivity index (χ4n) is 3.11. The molecule has 0 unspecified atom stereocenters. The number of H-pyrrole nitrogens is 1. The van der Waals surface area contributed by atoms with Gasteiger partial charge >= 0.3 is 5.97 Å². The van der Waals surface area contributed by atoms with Gasteiger partial charge in [-0.25, -0.2) is 4.79 Å². The molecule has 2 N–H and O–H groups in total. The van der Waals surface area contributed by atoms with Crippen LogP contribution in [0.25, 0.3) is 10.9 Å². The van der Waals surface area contributed by atoms with E-state index in [2.05, 4.69) is 10.3 Å². The molecular weight excluding hydrogens is 292 g/mol. The lowest BCUT2D eigenvalue weighted by Gasteiger charge is -2.22. The highest BCUT2D eigenvalue weighted by molar-refractivity contribution is 6.00. The van der Waals surface area contributed by atoms with Crippen molar-refractivity contribution >= 4 is 22.8 Å². The van der Waals surface area contributed by atoms with Crippen molar-refractivity contribution in [1.29, 1.82) is 0 Å². The Morgan fingerprint density at radius 3 is 2.74 bits per heavy atom. The number of aromatic nitrogens is 1. The summed E-state index contributed by atoms with van der Waals surface area (Å²) in [5.41, 5.74) is 1.85. The van der Waals surface area contributed by atoms with E-state index >= 15 is 0 Å². The first kappa shape index (κ1) is 15.6. The minimum absolute atomic E-state index is 0.0438. The number of nitrogens with one attached hydrogen (secondary N) is 2. The van der Waals surface area contributed by atoms with Crippen LogP contribution in [0.15, 0.2) is 24.3 Å². The zero-order chi connectivity index (χ0) is 16.2. The van der Waals surface area contributed by atoms with E-state index in [4.69, 9.17) is 4.74 Å². The summed E-state index contributed by atoms with van der Waals surface area (Å²) in [5, 5.41) is 3.95. The minimum atomic E-state index is -0.378. The van der Waals surface area contributed by atoms with Crippen LogP contribution in [0.2, 0.25) is 0 Å². The molecule has 1 aromatic carbocycles. The van der Waals surface area contributed by atoms with Gasteiger partial charge in [-0.3, -0.25) is 4.79 Å².